The molecule has 0 aliphatic heterocycles. The highest BCUT2D eigenvalue weighted by atomic mass is 19.1. The van der Waals surface area contributed by atoms with Crippen LogP contribution < -0.4 is 0 Å². The van der Waals surface area contributed by atoms with Gasteiger partial charge in [0.25, 0.3) is 5.91 Å². The fraction of sp³-hybridized carbons (Fsp3) is 0.500. The lowest BCUT2D eigenvalue weighted by atomic mass is 9.80. The number of likely N-dealkylation sites (N-methyl/N-ethyl adjacent to an activating group) is 1. The molecule has 1 aliphatic carbocycles. The van der Waals surface area contributed by atoms with Crippen molar-refractivity contribution in [2.24, 2.45) is 0 Å². The van der Waals surface area contributed by atoms with E-state index in [1.807, 2.05) is 0 Å². The van der Waals surface area contributed by atoms with E-state index in [9.17, 15) is 19.1 Å². The van der Waals surface area contributed by atoms with Crippen LogP contribution in [-0.4, -0.2) is 39.5 Å². The van der Waals surface area contributed by atoms with Crippen molar-refractivity contribution in [3.8, 4) is 0 Å². The second kappa shape index (κ2) is 5.56. The van der Waals surface area contributed by atoms with Gasteiger partial charge in [-0.3, -0.25) is 4.79 Å². The second-order valence-corrected chi connectivity index (χ2v) is 5.12. The van der Waals surface area contributed by atoms with Gasteiger partial charge in [-0.15, -0.1) is 0 Å². The molecule has 0 spiro atoms. The number of carbonyl (C=O) groups excluding carboxylic acids is 1. The molecule has 2 rings (SSSR count). The molecule has 1 fully saturated rings. The van der Waals surface area contributed by atoms with E-state index in [4.69, 9.17) is 0 Å². The molecular weight excluding hydrogens is 263 g/mol. The number of pyridine rings is 1. The van der Waals surface area contributed by atoms with Crippen LogP contribution in [0.4, 0.5) is 4.39 Å². The standard InChI is InChI=1S/C14H17FN2O3/c1-17(12(18)11-6-5-10(15)9-16-11)14(13(19)20)7-3-2-4-8-14/h5-6,9H,2-4,7-8H2,1H3,(H,19,20). The Morgan fingerprint density at radius 1 is 1.30 bits per heavy atom. The molecule has 0 unspecified atom stereocenters. The van der Waals surface area contributed by atoms with Gasteiger partial charge in [-0.25, -0.2) is 14.2 Å². The van der Waals surface area contributed by atoms with Crippen LogP contribution in [-0.2, 0) is 4.79 Å². The predicted molar refractivity (Wildman–Crippen MR) is 69.7 cm³/mol. The third-order valence-corrected chi connectivity index (χ3v) is 3.97. The summed E-state index contributed by atoms with van der Waals surface area (Å²) in [6.07, 6.45) is 4.36. The van der Waals surface area contributed by atoms with Gasteiger partial charge in [0, 0.05) is 7.05 Å². The molecule has 108 valence electrons. The molecule has 20 heavy (non-hydrogen) atoms. The Balaban J connectivity index is 2.27. The van der Waals surface area contributed by atoms with Crippen molar-refractivity contribution in [2.75, 3.05) is 7.05 Å². The minimum atomic E-state index is -1.18. The Morgan fingerprint density at radius 3 is 2.45 bits per heavy atom. The van der Waals surface area contributed by atoms with Crippen molar-refractivity contribution in [2.45, 2.75) is 37.6 Å². The average molecular weight is 280 g/mol. The Labute approximate surface area is 116 Å². The van der Waals surface area contributed by atoms with Gasteiger partial charge in [0.2, 0.25) is 0 Å². The normalized spacial score (nSPS) is 17.5. The van der Waals surface area contributed by atoms with Crippen molar-refractivity contribution in [1.29, 1.82) is 0 Å². The van der Waals surface area contributed by atoms with E-state index in [1.54, 1.807) is 0 Å². The minimum absolute atomic E-state index is 0.0556. The summed E-state index contributed by atoms with van der Waals surface area (Å²) in [5.74, 6) is -2.01. The molecule has 6 heteroatoms. The van der Waals surface area contributed by atoms with Crippen molar-refractivity contribution in [3.05, 3.63) is 29.8 Å². The van der Waals surface area contributed by atoms with E-state index in [1.165, 1.54) is 18.0 Å². The number of amides is 1. The first-order chi connectivity index (χ1) is 9.47. The first kappa shape index (κ1) is 14.4. The number of carboxylic acid groups (broad SMARTS) is 1. The van der Waals surface area contributed by atoms with Crippen molar-refractivity contribution >= 4 is 11.9 Å². The summed E-state index contributed by atoms with van der Waals surface area (Å²) in [7, 11) is 1.48. The molecule has 1 heterocycles. The van der Waals surface area contributed by atoms with Gasteiger partial charge in [-0.05, 0) is 25.0 Å². The highest BCUT2D eigenvalue weighted by molar-refractivity contribution is 5.96. The van der Waals surface area contributed by atoms with Gasteiger partial charge in [0.15, 0.2) is 0 Å². The zero-order valence-corrected chi connectivity index (χ0v) is 11.3. The predicted octanol–water partition coefficient (Wildman–Crippen LogP) is 2.08. The summed E-state index contributed by atoms with van der Waals surface area (Å²) in [6, 6.07) is 2.41. The van der Waals surface area contributed by atoms with Crippen molar-refractivity contribution in [3.63, 3.8) is 0 Å². The van der Waals surface area contributed by atoms with Crippen LogP contribution in [0.2, 0.25) is 0 Å². The number of hydrogen-bond acceptors (Lipinski definition) is 3. The van der Waals surface area contributed by atoms with Crippen LogP contribution in [0.3, 0.4) is 0 Å². The number of carbonyl (C=O) groups is 2. The lowest BCUT2D eigenvalue weighted by Crippen LogP contribution is -2.56. The Bertz CT molecular complexity index is 510. The number of aliphatic carboxylic acids is 1. The molecule has 0 aromatic carbocycles. The van der Waals surface area contributed by atoms with Gasteiger partial charge < -0.3 is 10.0 Å². The number of aromatic nitrogens is 1. The van der Waals surface area contributed by atoms with Crippen molar-refractivity contribution < 1.29 is 19.1 Å². The molecule has 0 bridgehead atoms. The van der Waals surface area contributed by atoms with E-state index in [0.29, 0.717) is 12.8 Å². The number of rotatable bonds is 3. The van der Waals surface area contributed by atoms with E-state index >= 15 is 0 Å². The van der Waals surface area contributed by atoms with Gasteiger partial charge in [-0.1, -0.05) is 19.3 Å². The van der Waals surface area contributed by atoms with Crippen LogP contribution in [0.5, 0.6) is 0 Å². The molecule has 5 nitrogen and oxygen atoms in total. The van der Waals surface area contributed by atoms with Crippen LogP contribution in [0.1, 0.15) is 42.6 Å². The zero-order valence-electron chi connectivity index (χ0n) is 11.3. The lowest BCUT2D eigenvalue weighted by molar-refractivity contribution is -0.151. The van der Waals surface area contributed by atoms with Crippen LogP contribution in [0.15, 0.2) is 18.3 Å². The smallest absolute Gasteiger partial charge is 0.329 e. The zero-order chi connectivity index (χ0) is 14.8. The van der Waals surface area contributed by atoms with Crippen LogP contribution in [0, 0.1) is 5.82 Å². The highest BCUT2D eigenvalue weighted by Gasteiger charge is 2.45. The van der Waals surface area contributed by atoms with E-state index in [-0.39, 0.29) is 5.69 Å². The third kappa shape index (κ3) is 2.50. The van der Waals surface area contributed by atoms with Gasteiger partial charge in [0.05, 0.1) is 6.20 Å². The fourth-order valence-corrected chi connectivity index (χ4v) is 2.70. The highest BCUT2D eigenvalue weighted by Crippen LogP contribution is 2.34. The van der Waals surface area contributed by atoms with E-state index < -0.39 is 23.2 Å². The molecule has 1 aliphatic rings. The number of hydrogen-bond donors (Lipinski definition) is 1. The maximum Gasteiger partial charge on any atom is 0.329 e. The topological polar surface area (TPSA) is 70.5 Å². The SMILES string of the molecule is CN(C(=O)c1ccc(F)cn1)C1(C(=O)O)CCCCC1. The monoisotopic (exact) mass is 280 g/mol. The maximum absolute atomic E-state index is 12.8. The molecule has 1 saturated carbocycles. The Hall–Kier alpha value is -1.98. The molecule has 1 aromatic rings. The van der Waals surface area contributed by atoms with Gasteiger partial charge >= 0.3 is 5.97 Å². The molecule has 0 radical (unpaired) electrons. The summed E-state index contributed by atoms with van der Waals surface area (Å²) in [6.45, 7) is 0. The van der Waals surface area contributed by atoms with E-state index in [0.717, 1.165) is 31.5 Å². The van der Waals surface area contributed by atoms with Gasteiger partial charge in [0.1, 0.15) is 17.1 Å². The minimum Gasteiger partial charge on any atom is -0.479 e. The summed E-state index contributed by atoms with van der Waals surface area (Å²) in [4.78, 5) is 28.9. The lowest BCUT2D eigenvalue weighted by Gasteiger charge is -2.40. The molecule has 1 amide bonds. The molecule has 1 N–H and O–H groups in total. The van der Waals surface area contributed by atoms with Crippen LogP contribution >= 0.6 is 0 Å². The molecule has 0 saturated heterocycles. The van der Waals surface area contributed by atoms with Crippen molar-refractivity contribution in [1.82, 2.24) is 9.88 Å². The summed E-state index contributed by atoms with van der Waals surface area (Å²) in [5.41, 5.74) is -1.12. The largest absolute Gasteiger partial charge is 0.479 e. The maximum atomic E-state index is 12.8. The summed E-state index contributed by atoms with van der Waals surface area (Å²) in [5, 5.41) is 9.52. The second-order valence-electron chi connectivity index (χ2n) is 5.12. The average Bonchev–Trinajstić information content (AvgIpc) is 2.47. The Morgan fingerprint density at radius 2 is 1.95 bits per heavy atom. The molecule has 1 aromatic heterocycles. The van der Waals surface area contributed by atoms with Crippen LogP contribution in [0.25, 0.3) is 0 Å². The quantitative estimate of drug-likeness (QED) is 0.920. The molecular formula is C14H17FN2O3. The fourth-order valence-electron chi connectivity index (χ4n) is 2.70. The first-order valence-electron chi connectivity index (χ1n) is 6.60. The summed E-state index contributed by atoms with van der Waals surface area (Å²) >= 11 is 0. The van der Waals surface area contributed by atoms with E-state index in [2.05, 4.69) is 4.98 Å². The Kier molecular flexibility index (Phi) is 4.01. The number of halogens is 1. The summed E-state index contributed by atoms with van der Waals surface area (Å²) < 4.78 is 12.8. The van der Waals surface area contributed by atoms with Gasteiger partial charge in [-0.2, -0.15) is 0 Å². The first-order valence-corrected chi connectivity index (χ1v) is 6.60. The number of carboxylic acids is 1. The molecule has 0 atom stereocenters. The number of nitrogens with zero attached hydrogens (tertiary/aromatic N) is 2. The third-order valence-electron chi connectivity index (χ3n) is 3.97.